The molecule has 10 heteroatoms. The fraction of sp³-hybridized carbons (Fsp3) is 0.118. The average molecular weight is 585 g/mol. The van der Waals surface area contributed by atoms with Crippen molar-refractivity contribution in [3.8, 4) is 22.9 Å². The third kappa shape index (κ3) is 6.00. The summed E-state index contributed by atoms with van der Waals surface area (Å²) in [4.78, 5) is 44.5. The molecule has 0 bridgehead atoms. The van der Waals surface area contributed by atoms with Crippen LogP contribution in [-0.2, 0) is 0 Å². The van der Waals surface area contributed by atoms with Crippen LogP contribution in [0.1, 0.15) is 34.8 Å². The Kier molecular flexibility index (Phi) is 8.04. The third-order valence-corrected chi connectivity index (χ3v) is 6.67. The molecular weight excluding hydrogens is 556 g/mol. The molecule has 0 atom stereocenters. The van der Waals surface area contributed by atoms with E-state index >= 15 is 0 Å². The lowest BCUT2D eigenvalue weighted by Gasteiger charge is -2.11. The average Bonchev–Trinajstić information content (AvgIpc) is 3.05. The zero-order chi connectivity index (χ0) is 30.5. The first-order valence-electron chi connectivity index (χ1n) is 14.1. The van der Waals surface area contributed by atoms with Crippen molar-refractivity contribution in [1.82, 2.24) is 19.9 Å². The van der Waals surface area contributed by atoms with E-state index in [0.717, 1.165) is 10.8 Å². The number of rotatable bonds is 9. The van der Waals surface area contributed by atoms with Gasteiger partial charge in [0, 0.05) is 22.9 Å². The van der Waals surface area contributed by atoms with Crippen LogP contribution in [0, 0.1) is 0 Å². The highest BCUT2D eigenvalue weighted by Crippen LogP contribution is 2.29. The summed E-state index contributed by atoms with van der Waals surface area (Å²) in [6.07, 6.45) is 0. The molecule has 0 saturated heterocycles. The summed E-state index contributed by atoms with van der Waals surface area (Å²) in [5, 5.41) is 7.34. The van der Waals surface area contributed by atoms with Gasteiger partial charge in [0.2, 0.25) is 0 Å². The van der Waals surface area contributed by atoms with E-state index in [0.29, 0.717) is 58.8 Å². The van der Waals surface area contributed by atoms with Crippen LogP contribution in [0.25, 0.3) is 33.2 Å². The van der Waals surface area contributed by atoms with Crippen LogP contribution in [0.2, 0.25) is 0 Å². The van der Waals surface area contributed by atoms with E-state index < -0.39 is 11.8 Å². The molecule has 0 aliphatic carbocycles. The van der Waals surface area contributed by atoms with E-state index in [1.54, 1.807) is 48.5 Å². The second-order valence-corrected chi connectivity index (χ2v) is 9.64. The van der Waals surface area contributed by atoms with Crippen LogP contribution in [0.15, 0.2) is 97.1 Å². The SMILES string of the molecule is CCOc1cc(NC(=O)c2cccc(-c3cccc(C(=O)Nc4cc(OCC)c5ccccc5n4)n3)n2)nc2ccccc12. The number of benzene rings is 2. The Bertz CT molecular complexity index is 1870. The van der Waals surface area contributed by atoms with E-state index in [1.165, 1.54) is 0 Å². The molecule has 2 N–H and O–H groups in total. The third-order valence-electron chi connectivity index (χ3n) is 6.67. The van der Waals surface area contributed by atoms with E-state index in [-0.39, 0.29) is 11.4 Å². The minimum Gasteiger partial charge on any atom is -0.493 e. The van der Waals surface area contributed by atoms with Crippen molar-refractivity contribution >= 4 is 45.3 Å². The minimum absolute atomic E-state index is 0.163. The van der Waals surface area contributed by atoms with Crippen molar-refractivity contribution in [2.75, 3.05) is 23.8 Å². The fourth-order valence-electron chi connectivity index (χ4n) is 4.73. The van der Waals surface area contributed by atoms with E-state index in [4.69, 9.17) is 9.47 Å². The van der Waals surface area contributed by atoms with Gasteiger partial charge in [0.1, 0.15) is 34.5 Å². The standard InChI is InChI=1S/C34H28N6O4/c1-3-43-29-19-31(37-23-13-7-5-11-21(23)29)39-33(41)27-17-9-15-25(35-27)26-16-10-18-28(36-26)34(42)40-32-20-30(44-4-2)22-12-6-8-14-24(22)38-32/h5-20H,3-4H2,1-2H3,(H,37,39,41)(H,38,40,42). The zero-order valence-corrected chi connectivity index (χ0v) is 24.1. The number of para-hydroxylation sites is 2. The van der Waals surface area contributed by atoms with Crippen LogP contribution in [-0.4, -0.2) is 45.0 Å². The van der Waals surface area contributed by atoms with Crippen LogP contribution >= 0.6 is 0 Å². The number of nitrogens with zero attached hydrogens (tertiary/aromatic N) is 4. The molecule has 6 rings (SSSR count). The quantitative estimate of drug-likeness (QED) is 0.196. The van der Waals surface area contributed by atoms with Crippen LogP contribution in [0.4, 0.5) is 11.6 Å². The van der Waals surface area contributed by atoms with Crippen LogP contribution in [0.5, 0.6) is 11.5 Å². The fourth-order valence-corrected chi connectivity index (χ4v) is 4.73. The summed E-state index contributed by atoms with van der Waals surface area (Å²) in [6, 6.07) is 28.6. The highest BCUT2D eigenvalue weighted by atomic mass is 16.5. The second kappa shape index (κ2) is 12.5. The molecule has 4 heterocycles. The first kappa shape index (κ1) is 28.2. The first-order chi connectivity index (χ1) is 21.5. The van der Waals surface area contributed by atoms with Crippen molar-refractivity contribution in [1.29, 1.82) is 0 Å². The number of amides is 2. The molecule has 44 heavy (non-hydrogen) atoms. The summed E-state index contributed by atoms with van der Waals surface area (Å²) in [7, 11) is 0. The maximum absolute atomic E-state index is 13.2. The monoisotopic (exact) mass is 584 g/mol. The van der Waals surface area contributed by atoms with E-state index in [1.807, 2.05) is 62.4 Å². The van der Waals surface area contributed by atoms with Gasteiger partial charge < -0.3 is 20.1 Å². The normalized spacial score (nSPS) is 10.9. The van der Waals surface area contributed by atoms with Crippen molar-refractivity contribution in [2.45, 2.75) is 13.8 Å². The molecule has 0 aliphatic heterocycles. The Morgan fingerprint density at radius 3 is 1.43 bits per heavy atom. The Balaban J connectivity index is 1.22. The molecule has 0 spiro atoms. The summed E-state index contributed by atoms with van der Waals surface area (Å²) >= 11 is 0. The lowest BCUT2D eigenvalue weighted by Crippen LogP contribution is -2.16. The molecule has 0 saturated carbocycles. The molecule has 6 aromatic rings. The Hall–Kier alpha value is -5.90. The van der Waals surface area contributed by atoms with Crippen molar-refractivity contribution in [2.24, 2.45) is 0 Å². The minimum atomic E-state index is -0.446. The second-order valence-electron chi connectivity index (χ2n) is 9.64. The lowest BCUT2D eigenvalue weighted by atomic mass is 10.2. The van der Waals surface area contributed by atoms with Gasteiger partial charge in [-0.2, -0.15) is 0 Å². The smallest absolute Gasteiger partial charge is 0.275 e. The molecule has 10 nitrogen and oxygen atoms in total. The maximum atomic E-state index is 13.2. The van der Waals surface area contributed by atoms with Crippen molar-refractivity contribution in [3.63, 3.8) is 0 Å². The van der Waals surface area contributed by atoms with Crippen molar-refractivity contribution in [3.05, 3.63) is 108 Å². The van der Waals surface area contributed by atoms with Gasteiger partial charge in [0.25, 0.3) is 11.8 Å². The largest absolute Gasteiger partial charge is 0.493 e. The highest BCUT2D eigenvalue weighted by molar-refractivity contribution is 6.04. The summed E-state index contributed by atoms with van der Waals surface area (Å²) < 4.78 is 11.5. The van der Waals surface area contributed by atoms with E-state index in [9.17, 15) is 9.59 Å². The van der Waals surface area contributed by atoms with E-state index in [2.05, 4.69) is 30.6 Å². The number of pyridine rings is 4. The molecule has 2 amide bonds. The van der Waals surface area contributed by atoms with Gasteiger partial charge in [-0.3, -0.25) is 9.59 Å². The maximum Gasteiger partial charge on any atom is 0.275 e. The number of carbonyl (C=O) groups is 2. The Morgan fingerprint density at radius 2 is 1.00 bits per heavy atom. The molecular formula is C34H28N6O4. The van der Waals surface area contributed by atoms with Gasteiger partial charge in [0.05, 0.1) is 35.6 Å². The van der Waals surface area contributed by atoms with Gasteiger partial charge in [-0.25, -0.2) is 19.9 Å². The molecule has 0 aliphatic rings. The Labute approximate surface area is 253 Å². The number of nitrogens with one attached hydrogen (secondary N) is 2. The summed E-state index contributed by atoms with van der Waals surface area (Å²) in [6.45, 7) is 4.74. The molecule has 0 unspecified atom stereocenters. The number of carbonyl (C=O) groups excluding carboxylic acids is 2. The van der Waals surface area contributed by atoms with Gasteiger partial charge >= 0.3 is 0 Å². The number of anilines is 2. The highest BCUT2D eigenvalue weighted by Gasteiger charge is 2.16. The van der Waals surface area contributed by atoms with Gasteiger partial charge in [-0.1, -0.05) is 36.4 Å². The number of fused-ring (bicyclic) bond motifs is 2. The molecule has 218 valence electrons. The summed E-state index contributed by atoms with van der Waals surface area (Å²) in [5.41, 5.74) is 2.57. The zero-order valence-electron chi connectivity index (χ0n) is 24.1. The number of aromatic nitrogens is 4. The number of hydrogen-bond acceptors (Lipinski definition) is 8. The molecule has 2 aromatic carbocycles. The van der Waals surface area contributed by atoms with Crippen LogP contribution in [0.3, 0.4) is 0 Å². The predicted molar refractivity (Wildman–Crippen MR) is 169 cm³/mol. The van der Waals surface area contributed by atoms with Gasteiger partial charge in [-0.05, 0) is 62.4 Å². The number of hydrogen-bond donors (Lipinski definition) is 2. The molecule has 0 radical (unpaired) electrons. The predicted octanol–water partition coefficient (Wildman–Crippen LogP) is 6.54. The summed E-state index contributed by atoms with van der Waals surface area (Å²) in [5.74, 6) is 1.05. The van der Waals surface area contributed by atoms with Gasteiger partial charge in [-0.15, -0.1) is 0 Å². The van der Waals surface area contributed by atoms with Gasteiger partial charge in [0.15, 0.2) is 0 Å². The lowest BCUT2D eigenvalue weighted by molar-refractivity contribution is 0.101. The Morgan fingerprint density at radius 1 is 0.568 bits per heavy atom. The first-order valence-corrected chi connectivity index (χ1v) is 14.1. The van der Waals surface area contributed by atoms with Crippen molar-refractivity contribution < 1.29 is 19.1 Å². The molecule has 4 aromatic heterocycles. The topological polar surface area (TPSA) is 128 Å². The van der Waals surface area contributed by atoms with Crippen LogP contribution < -0.4 is 20.1 Å². The number of ether oxygens (including phenoxy) is 2. The molecule has 0 fully saturated rings.